The zero-order chi connectivity index (χ0) is 29.8. The van der Waals surface area contributed by atoms with Gasteiger partial charge in [0.2, 0.25) is 5.90 Å². The molecule has 0 fully saturated rings. The lowest BCUT2D eigenvalue weighted by atomic mass is 9.85. The van der Waals surface area contributed by atoms with Crippen LogP contribution in [-0.2, 0) is 19.4 Å². The molecule has 1 aliphatic rings. The van der Waals surface area contributed by atoms with Gasteiger partial charge in [-0.3, -0.25) is 10.2 Å². The van der Waals surface area contributed by atoms with Crippen molar-refractivity contribution >= 4 is 21.6 Å². The number of amides is 1. The highest BCUT2D eigenvalue weighted by molar-refractivity contribution is 7.91. The first kappa shape index (κ1) is 31.2. The van der Waals surface area contributed by atoms with E-state index in [9.17, 15) is 13.2 Å². The Morgan fingerprint density at radius 1 is 0.976 bits per heavy atom. The monoisotopic (exact) mass is 593 g/mol. The third-order valence-corrected chi connectivity index (χ3v) is 8.83. The van der Waals surface area contributed by atoms with Crippen molar-refractivity contribution in [2.45, 2.75) is 55.6 Å². The van der Waals surface area contributed by atoms with E-state index in [0.29, 0.717) is 36.4 Å². The molecule has 4 rings (SSSR count). The van der Waals surface area contributed by atoms with E-state index >= 15 is 0 Å². The van der Waals surface area contributed by atoms with Crippen molar-refractivity contribution in [3.63, 3.8) is 0 Å². The average Bonchev–Trinajstić information content (AvgIpc) is 3.42. The van der Waals surface area contributed by atoms with E-state index in [4.69, 9.17) is 19.6 Å². The number of rotatable bonds is 16. The molecule has 42 heavy (non-hydrogen) atoms. The summed E-state index contributed by atoms with van der Waals surface area (Å²) in [5, 5.41) is 9.01. The number of aliphatic hydroxyl groups is 1. The molecular weight excluding hydrogens is 554 g/mol. The first-order chi connectivity index (χ1) is 20.4. The van der Waals surface area contributed by atoms with E-state index < -0.39 is 27.4 Å². The molecule has 0 saturated carbocycles. The number of hydrogen-bond donors (Lipinski definition) is 3. The number of carbonyl (C=O) groups excluding carboxylic acids is 1. The van der Waals surface area contributed by atoms with E-state index in [1.165, 1.54) is 0 Å². The zero-order valence-corrected chi connectivity index (χ0v) is 24.7. The summed E-state index contributed by atoms with van der Waals surface area (Å²) in [6.07, 6.45) is 2.50. The molecule has 0 saturated heterocycles. The number of hydrogen-bond acceptors (Lipinski definition) is 8. The number of ether oxygens (including phenoxy) is 2. The first-order valence-electron chi connectivity index (χ1n) is 14.4. The number of unbranched alkanes of at least 4 members (excludes halogenated alkanes) is 2. The van der Waals surface area contributed by atoms with Gasteiger partial charge in [-0.2, -0.15) is 0 Å². The van der Waals surface area contributed by atoms with Crippen LogP contribution in [0.15, 0.2) is 94.8 Å². The highest BCUT2D eigenvalue weighted by Crippen LogP contribution is 2.43. The highest BCUT2D eigenvalue weighted by Gasteiger charge is 2.53. The summed E-state index contributed by atoms with van der Waals surface area (Å²) in [7, 11) is -3.72. The van der Waals surface area contributed by atoms with Gasteiger partial charge in [-0.15, -0.1) is 0 Å². The van der Waals surface area contributed by atoms with Gasteiger partial charge in [0.05, 0.1) is 17.3 Å². The van der Waals surface area contributed by atoms with Gasteiger partial charge in [0.15, 0.2) is 21.5 Å². The number of aliphatic imine (C=N–C) groups is 1. The third kappa shape index (κ3) is 7.76. The third-order valence-electron chi connectivity index (χ3n) is 7.09. The highest BCUT2D eigenvalue weighted by atomic mass is 32.2. The van der Waals surface area contributed by atoms with Crippen LogP contribution in [0.25, 0.3) is 0 Å². The number of nitrogens with one attached hydrogen (secondary N) is 2. The molecule has 2 atom stereocenters. The number of carbonyl (C=O) groups is 1. The smallest absolute Gasteiger partial charge is 0.266 e. The van der Waals surface area contributed by atoms with Gasteiger partial charge in [0, 0.05) is 31.6 Å². The molecular formula is C32H39N3O6S. The number of hydrazine groups is 1. The van der Waals surface area contributed by atoms with Gasteiger partial charge in [-0.05, 0) is 48.4 Å². The Morgan fingerprint density at radius 2 is 1.67 bits per heavy atom. The van der Waals surface area contributed by atoms with Crippen LogP contribution in [0.5, 0.6) is 5.75 Å². The lowest BCUT2D eigenvalue weighted by Gasteiger charge is -2.30. The van der Waals surface area contributed by atoms with Gasteiger partial charge in [0.25, 0.3) is 5.91 Å². The number of nitrogens with zero attached hydrogens (tertiary/aromatic N) is 1. The maximum atomic E-state index is 14.0. The molecule has 0 aliphatic carbocycles. The maximum Gasteiger partial charge on any atom is 0.266 e. The largest absolute Gasteiger partial charge is 0.494 e. The molecule has 3 N–H and O–H groups in total. The van der Waals surface area contributed by atoms with Crippen LogP contribution < -0.4 is 15.6 Å². The van der Waals surface area contributed by atoms with Crippen molar-refractivity contribution in [1.82, 2.24) is 10.9 Å². The summed E-state index contributed by atoms with van der Waals surface area (Å²) < 4.78 is 38.8. The van der Waals surface area contributed by atoms with Crippen molar-refractivity contribution < 1.29 is 27.8 Å². The summed E-state index contributed by atoms with van der Waals surface area (Å²) in [4.78, 5) is 19.1. The molecule has 3 aromatic rings. The second-order valence-electron chi connectivity index (χ2n) is 10.2. The van der Waals surface area contributed by atoms with Crippen molar-refractivity contribution in [3.05, 3.63) is 96.1 Å². The first-order valence-corrected chi connectivity index (χ1v) is 16.0. The molecule has 9 nitrogen and oxygen atoms in total. The summed E-state index contributed by atoms with van der Waals surface area (Å²) in [6.45, 7) is 3.10. The van der Waals surface area contributed by atoms with Gasteiger partial charge in [-0.1, -0.05) is 68.3 Å². The van der Waals surface area contributed by atoms with Crippen molar-refractivity contribution in [1.29, 1.82) is 0 Å². The number of aliphatic hydroxyl groups excluding tert-OH is 1. The van der Waals surface area contributed by atoms with Gasteiger partial charge >= 0.3 is 0 Å². The van der Waals surface area contributed by atoms with E-state index in [-0.39, 0.29) is 29.6 Å². The van der Waals surface area contributed by atoms with Gasteiger partial charge in [-0.25, -0.2) is 18.8 Å². The molecule has 0 bridgehead atoms. The zero-order valence-electron chi connectivity index (χ0n) is 23.9. The van der Waals surface area contributed by atoms with Crippen LogP contribution in [0, 0.1) is 0 Å². The Kier molecular flexibility index (Phi) is 11.1. The summed E-state index contributed by atoms with van der Waals surface area (Å²) >= 11 is 0. The minimum Gasteiger partial charge on any atom is -0.494 e. The van der Waals surface area contributed by atoms with Crippen molar-refractivity contribution in [3.8, 4) is 5.75 Å². The minimum atomic E-state index is -3.72. The lowest BCUT2D eigenvalue weighted by Crippen LogP contribution is -2.53. The van der Waals surface area contributed by atoms with E-state index in [1.807, 2.05) is 30.3 Å². The van der Waals surface area contributed by atoms with E-state index in [0.717, 1.165) is 19.3 Å². The fraction of sp³-hybridized carbons (Fsp3) is 0.375. The standard InChI is InChI=1S/C32H39N3O6S/c1-2-3-10-21-33-35-31(37)32(20-24-42(38,39)28-14-8-5-9-15-28)29(25-12-6-4-7-13-25)41-30(34-32)26-16-18-27(19-17-26)40-23-11-22-36/h4-9,12-19,29,33,36H,2-3,10-11,20-24H2,1H3,(H,35,37)/t29-,32-/m0/s1. The van der Waals surface area contributed by atoms with Crippen LogP contribution in [0.2, 0.25) is 0 Å². The molecule has 224 valence electrons. The van der Waals surface area contributed by atoms with Crippen LogP contribution in [-0.4, -0.2) is 56.4 Å². The van der Waals surface area contributed by atoms with Crippen LogP contribution in [0.1, 0.15) is 56.3 Å². The molecule has 0 aromatic heterocycles. The molecule has 1 amide bonds. The molecule has 1 aliphatic heterocycles. The SMILES string of the molecule is CCCCCNNC(=O)[C@@]1(CCS(=O)(=O)c2ccccc2)N=C(c2ccc(OCCCO)cc2)O[C@H]1c1ccccc1. The average molecular weight is 594 g/mol. The van der Waals surface area contributed by atoms with Gasteiger partial charge < -0.3 is 14.6 Å². The Bertz CT molecular complexity index is 1420. The van der Waals surface area contributed by atoms with Crippen LogP contribution in [0.4, 0.5) is 0 Å². The fourth-order valence-electron chi connectivity index (χ4n) is 4.75. The van der Waals surface area contributed by atoms with Gasteiger partial charge in [0.1, 0.15) is 5.75 Å². The molecule has 10 heteroatoms. The normalized spacial score (nSPS) is 18.2. The van der Waals surface area contributed by atoms with E-state index in [2.05, 4.69) is 17.8 Å². The fourth-order valence-corrected chi connectivity index (χ4v) is 6.14. The quantitative estimate of drug-likeness (QED) is 0.166. The summed E-state index contributed by atoms with van der Waals surface area (Å²) in [5.41, 5.74) is 5.57. The Labute approximate surface area is 247 Å². The maximum absolute atomic E-state index is 14.0. The Balaban J connectivity index is 1.70. The van der Waals surface area contributed by atoms with Crippen molar-refractivity contribution in [2.24, 2.45) is 4.99 Å². The molecule has 0 spiro atoms. The summed E-state index contributed by atoms with van der Waals surface area (Å²) in [5.74, 6) is 0.0974. The number of sulfone groups is 1. The molecule has 0 radical (unpaired) electrons. The summed E-state index contributed by atoms with van der Waals surface area (Å²) in [6, 6.07) is 24.6. The second-order valence-corrected chi connectivity index (χ2v) is 12.3. The minimum absolute atomic E-state index is 0.0429. The predicted octanol–water partition coefficient (Wildman–Crippen LogP) is 4.38. The predicted molar refractivity (Wildman–Crippen MR) is 162 cm³/mol. The Morgan fingerprint density at radius 3 is 2.33 bits per heavy atom. The molecule has 3 aromatic carbocycles. The lowest BCUT2D eigenvalue weighted by molar-refractivity contribution is -0.130. The molecule has 1 heterocycles. The molecule has 0 unspecified atom stereocenters. The number of benzene rings is 3. The van der Waals surface area contributed by atoms with Crippen LogP contribution in [0.3, 0.4) is 0 Å². The Hall–Kier alpha value is -3.73. The second kappa shape index (κ2) is 14.9. The topological polar surface area (TPSA) is 126 Å². The van der Waals surface area contributed by atoms with Crippen LogP contribution >= 0.6 is 0 Å². The van der Waals surface area contributed by atoms with Crippen molar-refractivity contribution in [2.75, 3.05) is 25.5 Å². The van der Waals surface area contributed by atoms with E-state index in [1.54, 1.807) is 54.6 Å².